The van der Waals surface area contributed by atoms with Crippen LogP contribution in [0.3, 0.4) is 0 Å². The minimum Gasteiger partial charge on any atom is -0.491 e. The molecule has 1 unspecified atom stereocenters. The van der Waals surface area contributed by atoms with Gasteiger partial charge in [-0.25, -0.2) is 5.48 Å². The number of hydrogen-bond acceptors (Lipinski definition) is 4. The predicted octanol–water partition coefficient (Wildman–Crippen LogP) is 2.79. The number of hydrogen-bond donors (Lipinski definition) is 3. The summed E-state index contributed by atoms with van der Waals surface area (Å²) in [5, 5.41) is 11.5. The zero-order valence-corrected chi connectivity index (χ0v) is 14.5. The summed E-state index contributed by atoms with van der Waals surface area (Å²) in [5.41, 5.74) is 2.85. The first-order valence-electron chi connectivity index (χ1n) is 8.33. The number of carbonyl (C=O) groups is 2. The maximum atomic E-state index is 12.0. The Kier molecular flexibility index (Phi) is 7.39. The summed E-state index contributed by atoms with van der Waals surface area (Å²) in [6.07, 6.45) is 3.98. The van der Waals surface area contributed by atoms with Gasteiger partial charge in [0.2, 0.25) is 5.91 Å². The highest BCUT2D eigenvalue weighted by Gasteiger charge is 2.10. The SMILES string of the molecule is CCC(COc1ccc(C(=O)NO)cc1)NC(=O)/C=C/c1ccccc1. The Morgan fingerprint density at radius 1 is 1.12 bits per heavy atom. The van der Waals surface area contributed by atoms with E-state index in [1.807, 2.05) is 37.3 Å². The average molecular weight is 354 g/mol. The van der Waals surface area contributed by atoms with Gasteiger partial charge in [-0.1, -0.05) is 37.3 Å². The molecule has 6 heteroatoms. The molecule has 26 heavy (non-hydrogen) atoms. The second-order valence-corrected chi connectivity index (χ2v) is 5.63. The van der Waals surface area contributed by atoms with Gasteiger partial charge in [0.05, 0.1) is 6.04 Å². The molecule has 0 radical (unpaired) electrons. The number of benzene rings is 2. The molecule has 6 nitrogen and oxygen atoms in total. The normalized spacial score (nSPS) is 11.8. The van der Waals surface area contributed by atoms with E-state index in [4.69, 9.17) is 9.94 Å². The van der Waals surface area contributed by atoms with Crippen LogP contribution in [-0.2, 0) is 4.79 Å². The molecule has 0 saturated heterocycles. The summed E-state index contributed by atoms with van der Waals surface area (Å²) in [7, 11) is 0. The Bertz CT molecular complexity index is 742. The largest absolute Gasteiger partial charge is 0.491 e. The van der Waals surface area contributed by atoms with Crippen molar-refractivity contribution < 1.29 is 19.5 Å². The van der Waals surface area contributed by atoms with Crippen molar-refractivity contribution in [1.29, 1.82) is 0 Å². The average Bonchev–Trinajstić information content (AvgIpc) is 2.70. The van der Waals surface area contributed by atoms with Gasteiger partial charge in [0.25, 0.3) is 5.91 Å². The van der Waals surface area contributed by atoms with E-state index in [-0.39, 0.29) is 11.9 Å². The lowest BCUT2D eigenvalue weighted by Crippen LogP contribution is -2.37. The van der Waals surface area contributed by atoms with Crippen LogP contribution in [0, 0.1) is 0 Å². The van der Waals surface area contributed by atoms with Crippen molar-refractivity contribution in [1.82, 2.24) is 10.8 Å². The van der Waals surface area contributed by atoms with Crippen molar-refractivity contribution in [3.8, 4) is 5.75 Å². The van der Waals surface area contributed by atoms with Crippen molar-refractivity contribution in [2.24, 2.45) is 0 Å². The smallest absolute Gasteiger partial charge is 0.274 e. The maximum Gasteiger partial charge on any atom is 0.274 e. The molecule has 2 aromatic rings. The van der Waals surface area contributed by atoms with Crippen molar-refractivity contribution in [2.75, 3.05) is 6.61 Å². The van der Waals surface area contributed by atoms with Crippen molar-refractivity contribution in [3.63, 3.8) is 0 Å². The molecule has 0 fully saturated rings. The van der Waals surface area contributed by atoms with Crippen LogP contribution < -0.4 is 15.5 Å². The third-order valence-corrected chi connectivity index (χ3v) is 3.74. The second kappa shape index (κ2) is 10.0. The van der Waals surface area contributed by atoms with E-state index < -0.39 is 5.91 Å². The number of hydroxylamine groups is 1. The fraction of sp³-hybridized carbons (Fsp3) is 0.200. The summed E-state index contributed by atoms with van der Waals surface area (Å²) < 4.78 is 5.66. The summed E-state index contributed by atoms with van der Waals surface area (Å²) in [6, 6.07) is 15.8. The molecule has 2 rings (SSSR count). The summed E-state index contributed by atoms with van der Waals surface area (Å²) in [5.74, 6) is -0.188. The molecular formula is C20H22N2O4. The minimum atomic E-state index is -0.583. The van der Waals surface area contributed by atoms with Crippen molar-refractivity contribution in [3.05, 3.63) is 71.8 Å². The van der Waals surface area contributed by atoms with Crippen LogP contribution in [0.2, 0.25) is 0 Å². The first-order valence-corrected chi connectivity index (χ1v) is 8.33. The highest BCUT2D eigenvalue weighted by Crippen LogP contribution is 2.13. The molecule has 0 spiro atoms. The van der Waals surface area contributed by atoms with E-state index >= 15 is 0 Å². The van der Waals surface area contributed by atoms with Gasteiger partial charge in [-0.3, -0.25) is 14.8 Å². The van der Waals surface area contributed by atoms with E-state index in [0.717, 1.165) is 12.0 Å². The van der Waals surface area contributed by atoms with E-state index in [0.29, 0.717) is 17.9 Å². The number of ether oxygens (including phenoxy) is 1. The molecule has 0 saturated carbocycles. The molecule has 0 aliphatic carbocycles. The van der Waals surface area contributed by atoms with Crippen molar-refractivity contribution in [2.45, 2.75) is 19.4 Å². The van der Waals surface area contributed by atoms with Crippen LogP contribution in [0.4, 0.5) is 0 Å². The molecule has 0 heterocycles. The van der Waals surface area contributed by atoms with Crippen LogP contribution in [0.15, 0.2) is 60.7 Å². The third-order valence-electron chi connectivity index (χ3n) is 3.74. The highest BCUT2D eigenvalue weighted by molar-refractivity contribution is 5.93. The molecular weight excluding hydrogens is 332 g/mol. The van der Waals surface area contributed by atoms with Crippen LogP contribution in [0.25, 0.3) is 6.08 Å². The Labute approximate surface area is 152 Å². The Hall–Kier alpha value is -3.12. The van der Waals surface area contributed by atoms with E-state index in [9.17, 15) is 9.59 Å². The lowest BCUT2D eigenvalue weighted by molar-refractivity contribution is -0.117. The molecule has 136 valence electrons. The number of rotatable bonds is 8. The van der Waals surface area contributed by atoms with Crippen LogP contribution in [-0.4, -0.2) is 29.7 Å². The van der Waals surface area contributed by atoms with E-state index in [1.165, 1.54) is 6.08 Å². The summed E-state index contributed by atoms with van der Waals surface area (Å²) in [4.78, 5) is 23.3. The van der Waals surface area contributed by atoms with Gasteiger partial charge in [-0.05, 0) is 42.3 Å². The lowest BCUT2D eigenvalue weighted by Gasteiger charge is -2.17. The Morgan fingerprint density at radius 2 is 1.81 bits per heavy atom. The van der Waals surface area contributed by atoms with Crippen molar-refractivity contribution >= 4 is 17.9 Å². The van der Waals surface area contributed by atoms with Crippen LogP contribution in [0.5, 0.6) is 5.75 Å². The van der Waals surface area contributed by atoms with Crippen LogP contribution >= 0.6 is 0 Å². The van der Waals surface area contributed by atoms with E-state index in [2.05, 4.69) is 5.32 Å². The summed E-state index contributed by atoms with van der Waals surface area (Å²) in [6.45, 7) is 2.27. The number of nitrogens with one attached hydrogen (secondary N) is 2. The number of amides is 2. The Morgan fingerprint density at radius 3 is 2.42 bits per heavy atom. The van der Waals surface area contributed by atoms with Gasteiger partial charge in [0.15, 0.2) is 0 Å². The number of carbonyl (C=O) groups excluding carboxylic acids is 2. The molecule has 0 aromatic heterocycles. The van der Waals surface area contributed by atoms with Gasteiger partial charge in [0, 0.05) is 11.6 Å². The first-order chi connectivity index (χ1) is 12.6. The molecule has 0 aliphatic rings. The fourth-order valence-corrected chi connectivity index (χ4v) is 2.21. The first kappa shape index (κ1) is 19.2. The monoisotopic (exact) mass is 354 g/mol. The lowest BCUT2D eigenvalue weighted by atomic mass is 10.2. The topological polar surface area (TPSA) is 87.7 Å². The molecule has 2 aromatic carbocycles. The van der Waals surface area contributed by atoms with Gasteiger partial charge >= 0.3 is 0 Å². The zero-order valence-electron chi connectivity index (χ0n) is 14.5. The molecule has 0 aliphatic heterocycles. The predicted molar refractivity (Wildman–Crippen MR) is 98.9 cm³/mol. The van der Waals surface area contributed by atoms with Crippen LogP contribution in [0.1, 0.15) is 29.3 Å². The van der Waals surface area contributed by atoms with Gasteiger partial charge < -0.3 is 10.1 Å². The van der Waals surface area contributed by atoms with E-state index in [1.54, 1.807) is 35.8 Å². The zero-order chi connectivity index (χ0) is 18.8. The van der Waals surface area contributed by atoms with Gasteiger partial charge in [0.1, 0.15) is 12.4 Å². The maximum absolute atomic E-state index is 12.0. The van der Waals surface area contributed by atoms with Gasteiger partial charge in [-0.15, -0.1) is 0 Å². The molecule has 0 bridgehead atoms. The second-order valence-electron chi connectivity index (χ2n) is 5.63. The molecule has 1 atom stereocenters. The quantitative estimate of drug-likeness (QED) is 0.386. The molecule has 2 amide bonds. The highest BCUT2D eigenvalue weighted by atomic mass is 16.5. The summed E-state index contributed by atoms with van der Waals surface area (Å²) >= 11 is 0. The third kappa shape index (κ3) is 6.07. The Balaban J connectivity index is 1.84. The minimum absolute atomic E-state index is 0.136. The van der Waals surface area contributed by atoms with Gasteiger partial charge in [-0.2, -0.15) is 0 Å². The molecule has 3 N–H and O–H groups in total. The fourth-order valence-electron chi connectivity index (χ4n) is 2.21. The standard InChI is InChI=1S/C20H22N2O4/c1-2-17(21-19(23)13-8-15-6-4-3-5-7-15)14-26-18-11-9-16(10-12-18)20(24)22-25/h3-13,17,25H,2,14H2,1H3,(H,21,23)(H,22,24)/b13-8+.